The molecular weight excluding hydrogens is 72.3 g/mol. The molecule has 5 heavy (non-hydrogen) atoms. The van der Waals surface area contributed by atoms with Crippen LogP contribution in [-0.2, 0) is 0 Å². The van der Waals surface area contributed by atoms with E-state index in [0.29, 0.717) is 0 Å². The molecule has 0 bridgehead atoms. The summed E-state index contributed by atoms with van der Waals surface area (Å²) in [5.74, 6) is 0. The van der Waals surface area contributed by atoms with Gasteiger partial charge in [-0.05, 0) is 0 Å². The van der Waals surface area contributed by atoms with Gasteiger partial charge in [-0.25, -0.2) is 19.6 Å². The molecule has 26 valence electrons. The van der Waals surface area contributed by atoms with Gasteiger partial charge in [0.2, 0.25) is 0 Å². The molecule has 0 saturated heterocycles. The molecule has 0 rings (SSSR count). The third-order valence-electron chi connectivity index (χ3n) is 0. The van der Waals surface area contributed by atoms with E-state index in [9.17, 15) is 0 Å². The Morgan fingerprint density at radius 3 is 1.60 bits per heavy atom. The van der Waals surface area contributed by atoms with Crippen LogP contribution in [0.4, 0.5) is 0 Å². The second-order valence-electron chi connectivity index (χ2n) is 0.289. The Balaban J connectivity index is -0.0000000200. The predicted octanol–water partition coefficient (Wildman–Crippen LogP) is 1.08. The summed E-state index contributed by atoms with van der Waals surface area (Å²) in [4.78, 5) is 0. The fraction of sp³-hybridized carbons (Fsp3) is 0. The van der Waals surface area contributed by atoms with Gasteiger partial charge in [-0.15, -0.1) is 0 Å². The molecule has 0 aromatic carbocycles. The van der Waals surface area contributed by atoms with Gasteiger partial charge in [0.05, 0.1) is 0 Å². The molecule has 0 unspecified atom stereocenters. The van der Waals surface area contributed by atoms with Gasteiger partial charge in [-0.2, -0.15) is 0 Å². The number of hydrogen-bond donors (Lipinski definition) is 0. The van der Waals surface area contributed by atoms with Crippen LogP contribution in [0.1, 0.15) is 0 Å². The van der Waals surface area contributed by atoms with Crippen molar-refractivity contribution in [3.8, 4) is 0 Å². The molecule has 0 spiro atoms. The third kappa shape index (κ3) is 175. The summed E-state index contributed by atoms with van der Waals surface area (Å²) in [6, 6.07) is 0. The molecule has 0 heterocycles. The van der Waals surface area contributed by atoms with Crippen LogP contribution in [0.3, 0.4) is 0 Å². The van der Waals surface area contributed by atoms with E-state index < -0.39 is 0 Å². The molecule has 1 heteroatoms. The van der Waals surface area contributed by atoms with E-state index in [1.54, 1.807) is 0 Å². The van der Waals surface area contributed by atoms with Crippen molar-refractivity contribution in [1.82, 2.24) is 0 Å². The molecule has 0 N–H and O–H groups in total. The zero-order chi connectivity index (χ0) is 2.71. The van der Waals surface area contributed by atoms with Gasteiger partial charge in [0.25, 0.3) is 0 Å². The Bertz CT molecular complexity index is 11.1. The molecule has 0 aromatic rings. The van der Waals surface area contributed by atoms with Crippen molar-refractivity contribution in [3.63, 3.8) is 0 Å². The molecule has 0 aliphatic carbocycles. The van der Waals surface area contributed by atoms with Crippen molar-refractivity contribution in [1.29, 1.82) is 0 Å². The molecule has 0 amide bonds. The van der Waals surface area contributed by atoms with Crippen LogP contribution in [0.2, 0.25) is 0 Å². The van der Waals surface area contributed by atoms with E-state index in [-0.39, 0.29) is 30.5 Å². The van der Waals surface area contributed by atoms with E-state index in [2.05, 4.69) is 13.5 Å². The minimum Gasteiger partial charge on any atom is -0.358 e. The topological polar surface area (TPSA) is 0 Å². The Morgan fingerprint density at radius 1 is 1.60 bits per heavy atom. The average Bonchev–Trinajstić information content (AvgIpc) is 0.918. The summed E-state index contributed by atoms with van der Waals surface area (Å²) in [6.45, 7) is 6.50. The van der Waals surface area contributed by atoms with Crippen molar-refractivity contribution >= 4 is 23.1 Å². The van der Waals surface area contributed by atoms with E-state index in [4.69, 9.17) is 0 Å². The van der Waals surface area contributed by atoms with Crippen LogP contribution in [0, 0.1) is 14.4 Å². The van der Waals surface area contributed by atoms with E-state index in [1.807, 2.05) is 0 Å². The quantitative estimate of drug-likeness (QED) is 0.302. The van der Waals surface area contributed by atoms with Gasteiger partial charge in [0, 0.05) is 0 Å². The van der Waals surface area contributed by atoms with Crippen molar-refractivity contribution in [2.24, 2.45) is 0 Å². The van der Waals surface area contributed by atoms with Crippen molar-refractivity contribution in [3.05, 3.63) is 27.0 Å². The number of hydrogen-bond acceptors (Lipinski definition) is 0. The number of allylic oxidation sites excluding steroid dienone is 1. The van der Waals surface area contributed by atoms with Crippen LogP contribution in [-0.4, -0.2) is 23.1 Å². The van der Waals surface area contributed by atoms with Gasteiger partial charge in [0.15, 0.2) is 0 Å². The van der Waals surface area contributed by atoms with Crippen molar-refractivity contribution in [2.75, 3.05) is 0 Å². The van der Waals surface area contributed by atoms with Crippen molar-refractivity contribution < 1.29 is 0 Å². The smallest absolute Gasteiger partial charge is 0.358 e. The van der Waals surface area contributed by atoms with E-state index in [1.165, 1.54) is 6.08 Å². The van der Waals surface area contributed by atoms with Crippen LogP contribution < -0.4 is 0 Å². The second kappa shape index (κ2) is 26.3. The van der Waals surface area contributed by atoms with Crippen LogP contribution in [0.25, 0.3) is 0 Å². The van der Waals surface area contributed by atoms with Crippen molar-refractivity contribution in [2.45, 2.75) is 0 Å². The fourth-order valence-electron chi connectivity index (χ4n) is 0. The minimum atomic E-state index is 0. The maximum Gasteiger partial charge on any atom is 2.00 e. The number of rotatable bonds is 0. The molecule has 0 fully saturated rings. The van der Waals surface area contributed by atoms with E-state index in [0.717, 1.165) is 0 Å². The standard InChI is InChI=1S/C3H5.CH3.Mg/c1-3-2;;/h3H,1-2H2;1H3;/q2*-1;+2. The molecule has 0 radical (unpaired) electrons. The maximum absolute atomic E-state index is 3.25. The Kier molecular flexibility index (Phi) is 96.1. The summed E-state index contributed by atoms with van der Waals surface area (Å²) in [5.41, 5.74) is 0. The normalized spacial score (nSPS) is 2.40. The maximum atomic E-state index is 3.25. The van der Waals surface area contributed by atoms with Gasteiger partial charge in [-0.1, -0.05) is 0 Å². The summed E-state index contributed by atoms with van der Waals surface area (Å²) in [7, 11) is 0. The summed E-state index contributed by atoms with van der Waals surface area (Å²) < 4.78 is 0. The van der Waals surface area contributed by atoms with Gasteiger partial charge in [0.1, 0.15) is 0 Å². The first-order valence-corrected chi connectivity index (χ1v) is 0.816. The molecule has 0 nitrogen and oxygen atoms in total. The Hall–Kier alpha value is 0.376. The fourth-order valence-corrected chi connectivity index (χ4v) is 0. The average molecular weight is 80.4 g/mol. The minimum absolute atomic E-state index is 0. The van der Waals surface area contributed by atoms with Gasteiger partial charge in [-0.3, -0.25) is 0 Å². The molecule has 0 aliphatic heterocycles. The van der Waals surface area contributed by atoms with Gasteiger partial charge >= 0.3 is 23.1 Å². The Morgan fingerprint density at radius 2 is 1.60 bits per heavy atom. The first-order chi connectivity index (χ1) is 1.41. The first kappa shape index (κ1) is 18.2. The molecule has 0 saturated carbocycles. The molecule has 0 aromatic heterocycles. The Labute approximate surface area is 50.4 Å². The van der Waals surface area contributed by atoms with Crippen LogP contribution in [0.15, 0.2) is 12.7 Å². The molecular formula is C4H8Mg. The monoisotopic (exact) mass is 80.0 g/mol. The SMILES string of the molecule is C=C[CH2-].[CH3-].[Mg+2]. The predicted molar refractivity (Wildman–Crippen MR) is 27.7 cm³/mol. The zero-order valence-electron chi connectivity index (χ0n) is 3.70. The second-order valence-corrected chi connectivity index (χ2v) is 0.289. The van der Waals surface area contributed by atoms with E-state index >= 15 is 0 Å². The molecule has 0 atom stereocenters. The largest absolute Gasteiger partial charge is 2.00 e. The summed E-state index contributed by atoms with van der Waals surface area (Å²) in [6.07, 6.45) is 1.50. The third-order valence-corrected chi connectivity index (χ3v) is 0. The summed E-state index contributed by atoms with van der Waals surface area (Å²) in [5, 5.41) is 0. The van der Waals surface area contributed by atoms with Crippen LogP contribution >= 0.6 is 0 Å². The van der Waals surface area contributed by atoms with Gasteiger partial charge < -0.3 is 7.43 Å². The van der Waals surface area contributed by atoms with Crippen LogP contribution in [0.5, 0.6) is 0 Å². The molecule has 0 aliphatic rings. The summed E-state index contributed by atoms with van der Waals surface area (Å²) >= 11 is 0. The zero-order valence-corrected chi connectivity index (χ0v) is 5.11. The first-order valence-electron chi connectivity index (χ1n) is 0.816.